The molecule has 0 saturated carbocycles. The van der Waals surface area contributed by atoms with E-state index in [4.69, 9.17) is 11.6 Å². The Morgan fingerprint density at radius 1 is 1.06 bits per heavy atom. The van der Waals surface area contributed by atoms with Crippen LogP contribution in [0.25, 0.3) is 10.9 Å². The van der Waals surface area contributed by atoms with Gasteiger partial charge in [0, 0.05) is 51.9 Å². The molecule has 0 saturated heterocycles. The van der Waals surface area contributed by atoms with Gasteiger partial charge >= 0.3 is 0 Å². The highest BCUT2D eigenvalue weighted by molar-refractivity contribution is 6.31. The molecule has 1 heterocycles. The van der Waals surface area contributed by atoms with Crippen LogP contribution in [0.1, 0.15) is 21.5 Å². The second-order valence-corrected chi connectivity index (χ2v) is 7.23. The molecule has 0 fully saturated rings. The second-order valence-electron chi connectivity index (χ2n) is 6.82. The van der Waals surface area contributed by atoms with Crippen LogP contribution in [0.5, 0.6) is 0 Å². The molecule has 7 nitrogen and oxygen atoms in total. The van der Waals surface area contributed by atoms with Gasteiger partial charge in [-0.05, 0) is 29.8 Å². The number of aromatic nitrogens is 1. The van der Waals surface area contributed by atoms with Crippen LogP contribution < -0.4 is 5.43 Å². The molecule has 1 aromatic heterocycles. The van der Waals surface area contributed by atoms with Crippen LogP contribution in [0.3, 0.4) is 0 Å². The molecule has 0 aliphatic rings. The predicted octanol–water partition coefficient (Wildman–Crippen LogP) is 5.02. The molecule has 154 valence electrons. The third-order valence-corrected chi connectivity index (χ3v) is 5.20. The van der Waals surface area contributed by atoms with Gasteiger partial charge in [0.2, 0.25) is 0 Å². The number of halogens is 1. The van der Waals surface area contributed by atoms with Crippen molar-refractivity contribution in [2.24, 2.45) is 5.10 Å². The van der Waals surface area contributed by atoms with Crippen LogP contribution in [-0.4, -0.2) is 21.6 Å². The van der Waals surface area contributed by atoms with E-state index >= 15 is 0 Å². The zero-order valence-electron chi connectivity index (χ0n) is 16.2. The number of carbonyl (C=O) groups is 1. The van der Waals surface area contributed by atoms with Gasteiger partial charge in [-0.3, -0.25) is 14.9 Å². The fourth-order valence-electron chi connectivity index (χ4n) is 3.28. The lowest BCUT2D eigenvalue weighted by atomic mass is 10.2. The zero-order chi connectivity index (χ0) is 21.8. The minimum absolute atomic E-state index is 0.0774. The third-order valence-electron chi connectivity index (χ3n) is 4.83. The van der Waals surface area contributed by atoms with Crippen molar-refractivity contribution in [1.82, 2.24) is 9.99 Å². The van der Waals surface area contributed by atoms with Crippen LogP contribution in [-0.2, 0) is 6.54 Å². The predicted molar refractivity (Wildman–Crippen MR) is 121 cm³/mol. The zero-order valence-corrected chi connectivity index (χ0v) is 17.0. The van der Waals surface area contributed by atoms with E-state index in [0.717, 1.165) is 22.0 Å². The topological polar surface area (TPSA) is 89.5 Å². The molecular weight excluding hydrogens is 416 g/mol. The smallest absolute Gasteiger partial charge is 0.271 e. The molecule has 0 aliphatic heterocycles. The van der Waals surface area contributed by atoms with Gasteiger partial charge in [-0.2, -0.15) is 5.10 Å². The van der Waals surface area contributed by atoms with Crippen LogP contribution >= 0.6 is 11.6 Å². The average Bonchev–Trinajstić information content (AvgIpc) is 3.13. The molecule has 31 heavy (non-hydrogen) atoms. The number of nitrogens with one attached hydrogen (secondary N) is 1. The van der Waals surface area contributed by atoms with Gasteiger partial charge in [0.15, 0.2) is 0 Å². The Bertz CT molecular complexity index is 1300. The highest BCUT2D eigenvalue weighted by atomic mass is 35.5. The van der Waals surface area contributed by atoms with E-state index < -0.39 is 10.8 Å². The molecule has 4 aromatic rings. The number of para-hydroxylation sites is 1. The molecule has 3 aromatic carbocycles. The summed E-state index contributed by atoms with van der Waals surface area (Å²) in [6.45, 7) is 0.600. The monoisotopic (exact) mass is 432 g/mol. The molecule has 4 rings (SSSR count). The Morgan fingerprint density at radius 2 is 1.77 bits per heavy atom. The summed E-state index contributed by atoms with van der Waals surface area (Å²) in [4.78, 5) is 22.5. The van der Waals surface area contributed by atoms with E-state index in [1.165, 1.54) is 24.3 Å². The fraction of sp³-hybridized carbons (Fsp3) is 0.0435. The Hall–Kier alpha value is -3.97. The van der Waals surface area contributed by atoms with Crippen molar-refractivity contribution in [1.29, 1.82) is 0 Å². The first-order chi connectivity index (χ1) is 15.0. The number of nitro benzene ring substituents is 1. The lowest BCUT2D eigenvalue weighted by Gasteiger charge is -2.07. The van der Waals surface area contributed by atoms with Gasteiger partial charge in [-0.1, -0.05) is 48.0 Å². The number of benzene rings is 3. The normalized spacial score (nSPS) is 11.1. The highest BCUT2D eigenvalue weighted by Gasteiger charge is 2.10. The summed E-state index contributed by atoms with van der Waals surface area (Å²) in [6.07, 6.45) is 3.53. The summed E-state index contributed by atoms with van der Waals surface area (Å²) in [6, 6.07) is 20.9. The molecule has 0 atom stereocenters. The number of hydrogen-bond donors (Lipinski definition) is 1. The summed E-state index contributed by atoms with van der Waals surface area (Å²) < 4.78 is 2.08. The lowest BCUT2D eigenvalue weighted by Crippen LogP contribution is -2.17. The van der Waals surface area contributed by atoms with Crippen molar-refractivity contribution < 1.29 is 9.72 Å². The summed E-state index contributed by atoms with van der Waals surface area (Å²) in [7, 11) is 0. The summed E-state index contributed by atoms with van der Waals surface area (Å²) >= 11 is 6.31. The SMILES string of the molecule is O=C(N/N=C/c1cn(Cc2ccccc2Cl)c2ccccc12)c1ccc([N+](=O)[O-])cc1. The van der Waals surface area contributed by atoms with Crippen molar-refractivity contribution in [2.75, 3.05) is 0 Å². The van der Waals surface area contributed by atoms with Crippen molar-refractivity contribution in [3.05, 3.63) is 111 Å². The van der Waals surface area contributed by atoms with Crippen molar-refractivity contribution >= 4 is 40.3 Å². The first-order valence-electron chi connectivity index (χ1n) is 9.42. The van der Waals surface area contributed by atoms with Gasteiger partial charge in [0.1, 0.15) is 0 Å². The number of fused-ring (bicyclic) bond motifs is 1. The maximum absolute atomic E-state index is 12.2. The quantitative estimate of drug-likeness (QED) is 0.263. The van der Waals surface area contributed by atoms with Crippen molar-refractivity contribution in [2.45, 2.75) is 6.54 Å². The van der Waals surface area contributed by atoms with Crippen LogP contribution in [0, 0.1) is 10.1 Å². The number of hydrogen-bond acceptors (Lipinski definition) is 4. The standard InChI is InChI=1S/C23H17ClN4O3/c24-21-7-3-1-5-17(21)14-27-15-18(20-6-2-4-8-22(20)27)13-25-26-23(29)16-9-11-19(12-10-16)28(30)31/h1-13,15H,14H2,(H,26,29)/b25-13+. The largest absolute Gasteiger partial charge is 0.342 e. The maximum atomic E-state index is 12.2. The van der Waals surface area contributed by atoms with E-state index in [9.17, 15) is 14.9 Å². The average molecular weight is 433 g/mol. The van der Waals surface area contributed by atoms with E-state index in [-0.39, 0.29) is 11.3 Å². The minimum atomic E-state index is -0.516. The van der Waals surface area contributed by atoms with Crippen LogP contribution in [0.2, 0.25) is 5.02 Å². The number of rotatable bonds is 6. The molecule has 0 bridgehead atoms. The highest BCUT2D eigenvalue weighted by Crippen LogP contribution is 2.23. The van der Waals surface area contributed by atoms with Crippen molar-refractivity contribution in [3.63, 3.8) is 0 Å². The maximum Gasteiger partial charge on any atom is 0.271 e. The minimum Gasteiger partial charge on any atom is -0.342 e. The van der Waals surface area contributed by atoms with E-state index in [0.29, 0.717) is 11.6 Å². The number of nitro groups is 1. The summed E-state index contributed by atoms with van der Waals surface area (Å²) in [5, 5.41) is 16.5. The lowest BCUT2D eigenvalue weighted by molar-refractivity contribution is -0.384. The molecule has 0 aliphatic carbocycles. The van der Waals surface area contributed by atoms with Gasteiger partial charge in [-0.15, -0.1) is 0 Å². The molecule has 1 amide bonds. The number of amides is 1. The Kier molecular flexibility index (Phi) is 5.77. The van der Waals surface area contributed by atoms with Gasteiger partial charge in [0.05, 0.1) is 11.1 Å². The van der Waals surface area contributed by atoms with Gasteiger partial charge < -0.3 is 4.57 Å². The molecule has 0 unspecified atom stereocenters. The molecule has 0 spiro atoms. The Balaban J connectivity index is 1.54. The summed E-state index contributed by atoms with van der Waals surface area (Å²) in [5.74, 6) is -0.453. The second kappa shape index (κ2) is 8.81. The number of non-ortho nitro benzene ring substituents is 1. The number of carbonyl (C=O) groups excluding carboxylic acids is 1. The third kappa shape index (κ3) is 4.46. The Labute approximate surface area is 182 Å². The van der Waals surface area contributed by atoms with E-state index in [1.54, 1.807) is 6.21 Å². The van der Waals surface area contributed by atoms with E-state index in [1.807, 2.05) is 54.7 Å². The van der Waals surface area contributed by atoms with Crippen molar-refractivity contribution in [3.8, 4) is 0 Å². The molecular formula is C23H17ClN4O3. The van der Waals surface area contributed by atoms with E-state index in [2.05, 4.69) is 15.1 Å². The number of hydrazone groups is 1. The number of nitrogens with zero attached hydrogens (tertiary/aromatic N) is 3. The fourth-order valence-corrected chi connectivity index (χ4v) is 3.47. The first kappa shape index (κ1) is 20.3. The van der Waals surface area contributed by atoms with Crippen LogP contribution in [0.4, 0.5) is 5.69 Å². The molecule has 1 N–H and O–H groups in total. The van der Waals surface area contributed by atoms with Gasteiger partial charge in [-0.25, -0.2) is 5.43 Å². The molecule has 8 heteroatoms. The van der Waals surface area contributed by atoms with Gasteiger partial charge in [0.25, 0.3) is 11.6 Å². The molecule has 0 radical (unpaired) electrons. The first-order valence-corrected chi connectivity index (χ1v) is 9.80. The Morgan fingerprint density at radius 3 is 2.52 bits per heavy atom. The van der Waals surface area contributed by atoms with Crippen LogP contribution in [0.15, 0.2) is 84.1 Å². The summed E-state index contributed by atoms with van der Waals surface area (Å²) in [5.41, 5.74) is 5.52.